The van der Waals surface area contributed by atoms with Gasteiger partial charge in [0.1, 0.15) is 23.1 Å². The average molecular weight is 451 g/mol. The van der Waals surface area contributed by atoms with Gasteiger partial charge in [-0.25, -0.2) is 4.98 Å². The molecule has 0 aliphatic heterocycles. The van der Waals surface area contributed by atoms with Crippen LogP contribution in [0.2, 0.25) is 0 Å². The van der Waals surface area contributed by atoms with Gasteiger partial charge in [0.05, 0.1) is 22.9 Å². The van der Waals surface area contributed by atoms with Crippen molar-refractivity contribution >= 4 is 17.7 Å². The van der Waals surface area contributed by atoms with Crippen LogP contribution in [-0.2, 0) is 11.9 Å². The zero-order valence-corrected chi connectivity index (χ0v) is 17.6. The van der Waals surface area contributed by atoms with E-state index in [0.717, 1.165) is 11.8 Å². The first-order valence-electron chi connectivity index (χ1n) is 9.34. The first-order valence-corrected chi connectivity index (χ1v) is 10.3. The van der Waals surface area contributed by atoms with Crippen molar-refractivity contribution in [2.45, 2.75) is 36.8 Å². The number of hydrogen-bond donors (Lipinski definition) is 1. The molecule has 1 atom stereocenters. The second-order valence-corrected chi connectivity index (χ2v) is 7.72. The number of nitrogens with zero attached hydrogens (tertiary/aromatic N) is 2. The van der Waals surface area contributed by atoms with Crippen LogP contribution in [0.3, 0.4) is 0 Å². The molecule has 0 spiro atoms. The normalized spacial score (nSPS) is 12.4. The molecule has 0 radical (unpaired) electrons. The molecule has 1 unspecified atom stereocenters. The van der Waals surface area contributed by atoms with Crippen molar-refractivity contribution in [1.29, 1.82) is 0 Å². The number of rotatable bonds is 8. The zero-order valence-electron chi connectivity index (χ0n) is 16.8. The summed E-state index contributed by atoms with van der Waals surface area (Å²) in [5.41, 5.74) is 0.224. The van der Waals surface area contributed by atoms with Crippen LogP contribution < -0.4 is 10.1 Å². The van der Waals surface area contributed by atoms with Gasteiger partial charge in [0.15, 0.2) is 0 Å². The molecule has 1 aromatic carbocycles. The maximum absolute atomic E-state index is 13.1. The van der Waals surface area contributed by atoms with Crippen LogP contribution in [0.15, 0.2) is 58.2 Å². The molecular weight excluding hydrogens is 431 g/mol. The molecule has 31 heavy (non-hydrogen) atoms. The van der Waals surface area contributed by atoms with Gasteiger partial charge in [-0.2, -0.15) is 13.2 Å². The summed E-state index contributed by atoms with van der Waals surface area (Å²) in [5.74, 6) is 0.487. The Kier molecular flexibility index (Phi) is 7.21. The van der Waals surface area contributed by atoms with Crippen molar-refractivity contribution in [2.24, 2.45) is 0 Å². The van der Waals surface area contributed by atoms with Crippen LogP contribution in [0.4, 0.5) is 13.2 Å². The molecule has 0 aliphatic carbocycles. The summed E-state index contributed by atoms with van der Waals surface area (Å²) in [7, 11) is 0. The number of alkyl halides is 3. The van der Waals surface area contributed by atoms with E-state index < -0.39 is 23.7 Å². The zero-order chi connectivity index (χ0) is 22.4. The Morgan fingerprint density at radius 3 is 2.74 bits per heavy atom. The molecule has 1 N–H and O–H groups in total. The number of amides is 1. The monoisotopic (exact) mass is 451 g/mol. The van der Waals surface area contributed by atoms with Gasteiger partial charge in [-0.3, -0.25) is 4.79 Å². The molecule has 3 aromatic rings. The van der Waals surface area contributed by atoms with E-state index in [0.29, 0.717) is 22.1 Å². The standard InChI is InChI=1S/C21H20F3N3O3S/c1-13(11-29-18-8-4-3-7-17(18)21(22,23)24)26-19(28)16-6-5-9-25-20(16)31-12-15-10-14(2)30-27-15/h3-10,13H,11-12H2,1-2H3,(H,26,28). The fraction of sp³-hybridized carbons (Fsp3) is 0.286. The summed E-state index contributed by atoms with van der Waals surface area (Å²) in [4.78, 5) is 16.9. The largest absolute Gasteiger partial charge is 0.491 e. The highest BCUT2D eigenvalue weighted by Gasteiger charge is 2.34. The summed E-state index contributed by atoms with van der Waals surface area (Å²) in [6.07, 6.45) is -2.94. The molecule has 10 heteroatoms. The van der Waals surface area contributed by atoms with E-state index in [1.807, 2.05) is 0 Å². The molecule has 0 fully saturated rings. The number of para-hydroxylation sites is 1. The number of aryl methyl sites for hydroxylation is 1. The van der Waals surface area contributed by atoms with Gasteiger partial charge in [-0.05, 0) is 38.1 Å². The number of carbonyl (C=O) groups excluding carboxylic acids is 1. The highest BCUT2D eigenvalue weighted by molar-refractivity contribution is 7.98. The van der Waals surface area contributed by atoms with Crippen LogP contribution in [0.25, 0.3) is 0 Å². The Morgan fingerprint density at radius 1 is 1.26 bits per heavy atom. The summed E-state index contributed by atoms with van der Waals surface area (Å²) in [6, 6.07) is 9.49. The molecular formula is C21H20F3N3O3S. The van der Waals surface area contributed by atoms with Gasteiger partial charge in [-0.1, -0.05) is 29.1 Å². The minimum atomic E-state index is -4.52. The number of thioether (sulfide) groups is 1. The molecule has 6 nitrogen and oxygen atoms in total. The van der Waals surface area contributed by atoms with E-state index >= 15 is 0 Å². The van der Waals surface area contributed by atoms with E-state index in [1.165, 1.54) is 30.0 Å². The highest BCUT2D eigenvalue weighted by atomic mass is 32.2. The Balaban J connectivity index is 1.60. The van der Waals surface area contributed by atoms with Gasteiger partial charge < -0.3 is 14.6 Å². The predicted molar refractivity (Wildman–Crippen MR) is 109 cm³/mol. The summed E-state index contributed by atoms with van der Waals surface area (Å²) >= 11 is 1.33. The second-order valence-electron chi connectivity index (χ2n) is 6.75. The number of halogens is 3. The first-order chi connectivity index (χ1) is 14.7. The van der Waals surface area contributed by atoms with E-state index in [9.17, 15) is 18.0 Å². The van der Waals surface area contributed by atoms with Gasteiger partial charge in [0, 0.05) is 18.0 Å². The number of benzene rings is 1. The Labute approximate surface area is 181 Å². The lowest BCUT2D eigenvalue weighted by molar-refractivity contribution is -0.139. The molecule has 2 heterocycles. The number of pyridine rings is 1. The van der Waals surface area contributed by atoms with Gasteiger partial charge in [0.25, 0.3) is 5.91 Å². The average Bonchev–Trinajstić information content (AvgIpc) is 3.15. The molecule has 0 bridgehead atoms. The maximum atomic E-state index is 13.1. The van der Waals surface area contributed by atoms with Crippen molar-refractivity contribution in [3.63, 3.8) is 0 Å². The van der Waals surface area contributed by atoms with Crippen molar-refractivity contribution in [2.75, 3.05) is 6.61 Å². The van der Waals surface area contributed by atoms with Crippen molar-refractivity contribution < 1.29 is 27.2 Å². The predicted octanol–water partition coefficient (Wildman–Crippen LogP) is 4.89. The quantitative estimate of drug-likeness (QED) is 0.492. The van der Waals surface area contributed by atoms with Crippen molar-refractivity contribution in [3.8, 4) is 5.75 Å². The minimum Gasteiger partial charge on any atom is -0.491 e. The number of aromatic nitrogens is 2. The van der Waals surface area contributed by atoms with E-state index in [1.54, 1.807) is 38.2 Å². The third-order valence-electron chi connectivity index (χ3n) is 4.11. The lowest BCUT2D eigenvalue weighted by Gasteiger charge is -2.18. The van der Waals surface area contributed by atoms with Crippen LogP contribution >= 0.6 is 11.8 Å². The molecule has 164 valence electrons. The van der Waals surface area contributed by atoms with Crippen molar-refractivity contribution in [1.82, 2.24) is 15.5 Å². The number of nitrogens with one attached hydrogen (secondary N) is 1. The fourth-order valence-electron chi connectivity index (χ4n) is 2.69. The molecule has 0 aliphatic rings. The molecule has 1 amide bonds. The SMILES string of the molecule is Cc1cc(CSc2ncccc2C(=O)NC(C)COc2ccccc2C(F)(F)F)no1. The smallest absolute Gasteiger partial charge is 0.419 e. The molecule has 2 aromatic heterocycles. The minimum absolute atomic E-state index is 0.125. The summed E-state index contributed by atoms with van der Waals surface area (Å²) in [5, 5.41) is 7.16. The van der Waals surface area contributed by atoms with Gasteiger partial charge in [-0.15, -0.1) is 0 Å². The molecule has 0 saturated heterocycles. The fourth-order valence-corrected chi connectivity index (χ4v) is 3.56. The number of ether oxygens (including phenoxy) is 1. The second kappa shape index (κ2) is 9.86. The van der Waals surface area contributed by atoms with Crippen LogP contribution in [-0.4, -0.2) is 28.7 Å². The van der Waals surface area contributed by atoms with E-state index in [-0.39, 0.29) is 12.4 Å². The van der Waals surface area contributed by atoms with Crippen LogP contribution in [0.1, 0.15) is 34.3 Å². The molecule has 3 rings (SSSR count). The lowest BCUT2D eigenvalue weighted by atomic mass is 10.2. The Morgan fingerprint density at radius 2 is 2.03 bits per heavy atom. The number of carbonyl (C=O) groups is 1. The summed E-state index contributed by atoms with van der Waals surface area (Å²) in [6.45, 7) is 3.31. The summed E-state index contributed by atoms with van der Waals surface area (Å²) < 4.78 is 49.6. The lowest BCUT2D eigenvalue weighted by Crippen LogP contribution is -2.37. The van der Waals surface area contributed by atoms with Crippen LogP contribution in [0.5, 0.6) is 5.75 Å². The van der Waals surface area contributed by atoms with Gasteiger partial charge in [0.2, 0.25) is 0 Å². The topological polar surface area (TPSA) is 77.2 Å². The van der Waals surface area contributed by atoms with Crippen molar-refractivity contribution in [3.05, 3.63) is 71.2 Å². The Hall–Kier alpha value is -3.01. The first kappa shape index (κ1) is 22.7. The molecule has 0 saturated carbocycles. The third kappa shape index (κ3) is 6.24. The third-order valence-corrected chi connectivity index (χ3v) is 5.15. The Bertz CT molecular complexity index is 1040. The van der Waals surface area contributed by atoms with Gasteiger partial charge >= 0.3 is 6.18 Å². The van der Waals surface area contributed by atoms with E-state index in [4.69, 9.17) is 9.26 Å². The van der Waals surface area contributed by atoms with Crippen LogP contribution in [0, 0.1) is 6.92 Å². The highest BCUT2D eigenvalue weighted by Crippen LogP contribution is 2.35. The number of hydrogen-bond acceptors (Lipinski definition) is 6. The maximum Gasteiger partial charge on any atom is 0.419 e. The van der Waals surface area contributed by atoms with E-state index in [2.05, 4.69) is 15.5 Å².